The molecule has 164 valence electrons. The molecule has 1 aromatic carbocycles. The molecule has 0 fully saturated rings. The van der Waals surface area contributed by atoms with Crippen molar-refractivity contribution in [1.29, 1.82) is 0 Å². The molecule has 8 heteroatoms. The Hall–Kier alpha value is -3.39. The van der Waals surface area contributed by atoms with Crippen molar-refractivity contribution in [2.24, 2.45) is 4.99 Å². The highest BCUT2D eigenvalue weighted by Crippen LogP contribution is 2.15. The number of aliphatic imine (C=N–C) groups is 1. The fourth-order valence-corrected chi connectivity index (χ4v) is 2.96. The van der Waals surface area contributed by atoms with E-state index in [4.69, 9.17) is 9.47 Å². The molecule has 0 aliphatic rings. The first-order valence-electron chi connectivity index (χ1n) is 10.5. The maximum Gasteiger partial charge on any atom is 0.218 e. The fourth-order valence-electron chi connectivity index (χ4n) is 2.96. The highest BCUT2D eigenvalue weighted by Gasteiger charge is 2.05. The minimum Gasteiger partial charge on any atom is -0.475 e. The topological polar surface area (TPSA) is 85.6 Å². The van der Waals surface area contributed by atoms with Crippen LogP contribution in [0.25, 0.3) is 5.69 Å². The zero-order chi connectivity index (χ0) is 21.7. The summed E-state index contributed by atoms with van der Waals surface area (Å²) in [6.45, 7) is 5.07. The van der Waals surface area contributed by atoms with E-state index < -0.39 is 0 Å². The Bertz CT molecular complexity index is 926. The second-order valence-corrected chi connectivity index (χ2v) is 6.80. The molecule has 0 atom stereocenters. The average Bonchev–Trinajstić information content (AvgIpc) is 3.34. The van der Waals surface area contributed by atoms with Gasteiger partial charge in [-0.1, -0.05) is 18.2 Å². The van der Waals surface area contributed by atoms with Gasteiger partial charge in [0.2, 0.25) is 5.88 Å². The van der Waals surface area contributed by atoms with Crippen LogP contribution in [0.1, 0.15) is 18.1 Å². The number of rotatable bonds is 11. The van der Waals surface area contributed by atoms with E-state index in [1.165, 1.54) is 5.56 Å². The van der Waals surface area contributed by atoms with E-state index in [9.17, 15) is 0 Å². The van der Waals surface area contributed by atoms with Crippen LogP contribution in [0, 0.1) is 0 Å². The van der Waals surface area contributed by atoms with Crippen LogP contribution in [-0.4, -0.2) is 54.1 Å². The SMILES string of the molecule is CCNC(=NCc1cccnc1OCCOC)NCCc1ccc(-n2cccn2)cc1. The number of ether oxygens (including phenoxy) is 2. The zero-order valence-electron chi connectivity index (χ0n) is 18.1. The number of guanidine groups is 1. The molecule has 31 heavy (non-hydrogen) atoms. The highest BCUT2D eigenvalue weighted by molar-refractivity contribution is 5.79. The average molecular weight is 423 g/mol. The summed E-state index contributed by atoms with van der Waals surface area (Å²) in [4.78, 5) is 8.99. The molecule has 0 saturated carbocycles. The number of pyridine rings is 1. The second kappa shape index (κ2) is 12.3. The van der Waals surface area contributed by atoms with Crippen molar-refractivity contribution in [2.75, 3.05) is 33.4 Å². The Morgan fingerprint density at radius 2 is 1.94 bits per heavy atom. The Balaban J connectivity index is 1.53. The number of hydrogen-bond acceptors (Lipinski definition) is 5. The van der Waals surface area contributed by atoms with Crippen LogP contribution in [0.3, 0.4) is 0 Å². The van der Waals surface area contributed by atoms with Gasteiger partial charge in [0.25, 0.3) is 0 Å². The maximum absolute atomic E-state index is 5.69. The number of nitrogens with zero attached hydrogens (tertiary/aromatic N) is 4. The van der Waals surface area contributed by atoms with Crippen LogP contribution in [0.15, 0.2) is 66.0 Å². The van der Waals surface area contributed by atoms with Gasteiger partial charge in [-0.15, -0.1) is 0 Å². The Morgan fingerprint density at radius 3 is 2.68 bits per heavy atom. The van der Waals surface area contributed by atoms with Crippen LogP contribution < -0.4 is 15.4 Å². The molecular formula is C23H30N6O2. The lowest BCUT2D eigenvalue weighted by molar-refractivity contribution is 0.143. The predicted molar refractivity (Wildman–Crippen MR) is 122 cm³/mol. The molecule has 3 aromatic rings. The van der Waals surface area contributed by atoms with Gasteiger partial charge in [-0.05, 0) is 43.2 Å². The molecule has 0 amide bonds. The lowest BCUT2D eigenvalue weighted by Gasteiger charge is -2.13. The molecular weight excluding hydrogens is 392 g/mol. The Labute approximate surface area is 183 Å². The van der Waals surface area contributed by atoms with Gasteiger partial charge in [-0.2, -0.15) is 5.10 Å². The summed E-state index contributed by atoms with van der Waals surface area (Å²) in [5.41, 5.74) is 3.24. The number of methoxy groups -OCH3 is 1. The lowest BCUT2D eigenvalue weighted by atomic mass is 10.1. The van der Waals surface area contributed by atoms with Crippen LogP contribution in [0.5, 0.6) is 5.88 Å². The van der Waals surface area contributed by atoms with Crippen LogP contribution in [-0.2, 0) is 17.7 Å². The minimum absolute atomic E-state index is 0.460. The van der Waals surface area contributed by atoms with Crippen molar-refractivity contribution in [3.8, 4) is 11.6 Å². The molecule has 0 spiro atoms. The van der Waals surface area contributed by atoms with E-state index in [-0.39, 0.29) is 0 Å². The van der Waals surface area contributed by atoms with E-state index >= 15 is 0 Å². The molecule has 3 rings (SSSR count). The van der Waals surface area contributed by atoms with Gasteiger partial charge in [0.1, 0.15) is 6.61 Å². The van der Waals surface area contributed by atoms with E-state index in [2.05, 4.69) is 56.9 Å². The first-order valence-corrected chi connectivity index (χ1v) is 10.5. The summed E-state index contributed by atoms with van der Waals surface area (Å²) in [7, 11) is 1.65. The summed E-state index contributed by atoms with van der Waals surface area (Å²) < 4.78 is 12.6. The van der Waals surface area contributed by atoms with Crippen molar-refractivity contribution in [1.82, 2.24) is 25.4 Å². The molecule has 0 bridgehead atoms. The summed E-state index contributed by atoms with van der Waals surface area (Å²) in [5, 5.41) is 10.9. The number of aromatic nitrogens is 3. The van der Waals surface area contributed by atoms with Crippen molar-refractivity contribution < 1.29 is 9.47 Å². The van der Waals surface area contributed by atoms with E-state index in [1.807, 2.05) is 29.1 Å². The maximum atomic E-state index is 5.69. The smallest absolute Gasteiger partial charge is 0.218 e. The number of hydrogen-bond donors (Lipinski definition) is 2. The third-order valence-electron chi connectivity index (χ3n) is 4.54. The van der Waals surface area contributed by atoms with Gasteiger partial charge in [-0.3, -0.25) is 0 Å². The van der Waals surface area contributed by atoms with Crippen molar-refractivity contribution in [2.45, 2.75) is 19.9 Å². The largest absolute Gasteiger partial charge is 0.475 e. The minimum atomic E-state index is 0.460. The van der Waals surface area contributed by atoms with Gasteiger partial charge >= 0.3 is 0 Å². The molecule has 8 nitrogen and oxygen atoms in total. The highest BCUT2D eigenvalue weighted by atomic mass is 16.5. The first kappa shape index (κ1) is 22.3. The van der Waals surface area contributed by atoms with Gasteiger partial charge < -0.3 is 20.1 Å². The molecule has 0 aliphatic carbocycles. The third kappa shape index (κ3) is 7.11. The first-order chi connectivity index (χ1) is 15.3. The molecule has 0 saturated heterocycles. The summed E-state index contributed by atoms with van der Waals surface area (Å²) in [5.74, 6) is 1.36. The summed E-state index contributed by atoms with van der Waals surface area (Å²) in [6, 6.07) is 14.2. The normalized spacial score (nSPS) is 11.4. The predicted octanol–water partition coefficient (Wildman–Crippen LogP) is 2.59. The standard InChI is InChI=1S/C23H30N6O2/c1-3-24-23(27-18-20-6-4-12-25-22(20)31-17-16-30-2)26-14-11-19-7-9-21(10-8-19)29-15-5-13-28-29/h4-10,12-13,15H,3,11,14,16-18H2,1-2H3,(H2,24,26,27). The van der Waals surface area contributed by atoms with Gasteiger partial charge in [-0.25, -0.2) is 14.7 Å². The van der Waals surface area contributed by atoms with E-state index in [1.54, 1.807) is 19.5 Å². The molecule has 0 radical (unpaired) electrons. The second-order valence-electron chi connectivity index (χ2n) is 6.80. The molecule has 0 aliphatic heterocycles. The zero-order valence-corrected chi connectivity index (χ0v) is 18.1. The lowest BCUT2D eigenvalue weighted by Crippen LogP contribution is -2.38. The number of benzene rings is 1. The van der Waals surface area contributed by atoms with Gasteiger partial charge in [0.15, 0.2) is 5.96 Å². The molecule has 2 aromatic heterocycles. The van der Waals surface area contributed by atoms with Gasteiger partial charge in [0, 0.05) is 44.4 Å². The van der Waals surface area contributed by atoms with Gasteiger partial charge in [0.05, 0.1) is 18.8 Å². The fraction of sp³-hybridized carbons (Fsp3) is 0.348. The summed E-state index contributed by atoms with van der Waals surface area (Å²) in [6.07, 6.45) is 6.32. The summed E-state index contributed by atoms with van der Waals surface area (Å²) >= 11 is 0. The van der Waals surface area contributed by atoms with Crippen molar-refractivity contribution in [3.63, 3.8) is 0 Å². The Morgan fingerprint density at radius 1 is 1.06 bits per heavy atom. The van der Waals surface area contributed by atoms with E-state index in [0.717, 1.165) is 36.7 Å². The van der Waals surface area contributed by atoms with E-state index in [0.29, 0.717) is 25.6 Å². The Kier molecular flexibility index (Phi) is 8.88. The van der Waals surface area contributed by atoms with Crippen molar-refractivity contribution >= 4 is 5.96 Å². The number of nitrogens with one attached hydrogen (secondary N) is 2. The molecule has 0 unspecified atom stereocenters. The van der Waals surface area contributed by atoms with Crippen molar-refractivity contribution in [3.05, 3.63) is 72.2 Å². The third-order valence-corrected chi connectivity index (χ3v) is 4.54. The van der Waals surface area contributed by atoms with Crippen LogP contribution in [0.2, 0.25) is 0 Å². The molecule has 2 N–H and O–H groups in total. The molecule has 2 heterocycles. The van der Waals surface area contributed by atoms with Crippen LogP contribution in [0.4, 0.5) is 0 Å². The monoisotopic (exact) mass is 422 g/mol. The van der Waals surface area contributed by atoms with Crippen LogP contribution >= 0.6 is 0 Å². The quantitative estimate of drug-likeness (QED) is 0.281.